The first-order valence-electron chi connectivity index (χ1n) is 12.2. The molecule has 1 aliphatic heterocycles. The van der Waals surface area contributed by atoms with Gasteiger partial charge in [0, 0.05) is 35.5 Å². The van der Waals surface area contributed by atoms with Crippen LogP contribution in [0, 0.1) is 0 Å². The van der Waals surface area contributed by atoms with Crippen molar-refractivity contribution in [1.29, 1.82) is 0 Å². The predicted octanol–water partition coefficient (Wildman–Crippen LogP) is 6.25. The Labute approximate surface area is 201 Å². The molecule has 4 rings (SSSR count). The molecule has 1 saturated heterocycles. The van der Waals surface area contributed by atoms with Crippen molar-refractivity contribution < 1.29 is 9.47 Å². The zero-order chi connectivity index (χ0) is 23.8. The van der Waals surface area contributed by atoms with E-state index in [2.05, 4.69) is 87.8 Å². The molecule has 2 aromatic rings. The number of allylic oxidation sites excluding steroid dienone is 1. The Morgan fingerprint density at radius 2 is 1.82 bits per heavy atom. The summed E-state index contributed by atoms with van der Waals surface area (Å²) in [7, 11) is -0.321. The Bertz CT molecular complexity index is 1060. The molecule has 3 nitrogen and oxygen atoms in total. The SMILES string of the molecule is C=CCOc1c(C(C)(C)C)cc(OC)cc1[Si](C)(C)C1C=C(N2CCCC2)c2ccccc21. The van der Waals surface area contributed by atoms with Crippen molar-refractivity contribution in [3.05, 3.63) is 71.8 Å². The first kappa shape index (κ1) is 23.7. The maximum Gasteiger partial charge on any atom is 0.123 e. The van der Waals surface area contributed by atoms with Crippen molar-refractivity contribution in [2.75, 3.05) is 26.8 Å². The lowest BCUT2D eigenvalue weighted by molar-refractivity contribution is 0.351. The van der Waals surface area contributed by atoms with Crippen LogP contribution in [-0.4, -0.2) is 39.8 Å². The summed E-state index contributed by atoms with van der Waals surface area (Å²) in [4.78, 5) is 2.59. The van der Waals surface area contributed by atoms with Gasteiger partial charge in [0.15, 0.2) is 0 Å². The minimum Gasteiger partial charge on any atom is -0.497 e. The van der Waals surface area contributed by atoms with Gasteiger partial charge < -0.3 is 14.4 Å². The minimum atomic E-state index is -2.09. The largest absolute Gasteiger partial charge is 0.497 e. The molecule has 0 amide bonds. The lowest BCUT2D eigenvalue weighted by atomic mass is 9.86. The van der Waals surface area contributed by atoms with E-state index in [-0.39, 0.29) is 5.41 Å². The lowest BCUT2D eigenvalue weighted by Crippen LogP contribution is -2.48. The average molecular weight is 462 g/mol. The first-order valence-corrected chi connectivity index (χ1v) is 15.3. The maximum absolute atomic E-state index is 6.43. The van der Waals surface area contributed by atoms with E-state index >= 15 is 0 Å². The van der Waals surface area contributed by atoms with Crippen LogP contribution in [0.15, 0.2) is 55.1 Å². The number of fused-ring (bicyclic) bond motifs is 1. The second kappa shape index (κ2) is 9.06. The second-order valence-corrected chi connectivity index (χ2v) is 15.5. The van der Waals surface area contributed by atoms with Crippen molar-refractivity contribution in [2.45, 2.75) is 57.7 Å². The van der Waals surface area contributed by atoms with Crippen LogP contribution in [0.5, 0.6) is 11.5 Å². The van der Waals surface area contributed by atoms with Crippen LogP contribution in [0.2, 0.25) is 13.1 Å². The summed E-state index contributed by atoms with van der Waals surface area (Å²) in [6.07, 6.45) is 6.98. The molecule has 0 aromatic heterocycles. The molecule has 0 N–H and O–H groups in total. The zero-order valence-electron chi connectivity index (χ0n) is 21.2. The molecule has 0 saturated carbocycles. The summed E-state index contributed by atoms with van der Waals surface area (Å²) in [5.41, 5.74) is 5.84. The van der Waals surface area contributed by atoms with Gasteiger partial charge in [-0.3, -0.25) is 0 Å². The number of ether oxygens (including phenoxy) is 2. The van der Waals surface area contributed by atoms with Gasteiger partial charge in [0.05, 0.1) is 15.2 Å². The lowest BCUT2D eigenvalue weighted by Gasteiger charge is -2.34. The fourth-order valence-corrected chi connectivity index (χ4v) is 8.64. The Balaban J connectivity index is 1.89. The van der Waals surface area contributed by atoms with Gasteiger partial charge in [-0.05, 0) is 41.1 Å². The maximum atomic E-state index is 6.43. The van der Waals surface area contributed by atoms with Crippen molar-refractivity contribution in [3.8, 4) is 11.5 Å². The van der Waals surface area contributed by atoms with Gasteiger partial charge in [0.25, 0.3) is 0 Å². The van der Waals surface area contributed by atoms with E-state index in [1.54, 1.807) is 7.11 Å². The summed E-state index contributed by atoms with van der Waals surface area (Å²) < 4.78 is 12.2. The highest BCUT2D eigenvalue weighted by Gasteiger charge is 2.42. The van der Waals surface area contributed by atoms with Gasteiger partial charge >= 0.3 is 0 Å². The van der Waals surface area contributed by atoms with E-state index in [9.17, 15) is 0 Å². The van der Waals surface area contributed by atoms with Crippen molar-refractivity contribution in [3.63, 3.8) is 0 Å². The number of methoxy groups -OCH3 is 1. The van der Waals surface area contributed by atoms with Crippen LogP contribution < -0.4 is 14.7 Å². The summed E-state index contributed by atoms with van der Waals surface area (Å²) in [5.74, 6) is 1.94. The molecule has 1 aliphatic carbocycles. The molecule has 0 spiro atoms. The summed E-state index contributed by atoms with van der Waals surface area (Å²) in [5, 5.41) is 1.33. The van der Waals surface area contributed by atoms with Gasteiger partial charge in [0.1, 0.15) is 18.1 Å². The van der Waals surface area contributed by atoms with Gasteiger partial charge in [-0.25, -0.2) is 0 Å². The minimum absolute atomic E-state index is 0.0611. The molecule has 1 unspecified atom stereocenters. The molecular weight excluding hydrogens is 422 g/mol. The molecule has 176 valence electrons. The Hall–Kier alpha value is -2.46. The number of rotatable bonds is 7. The van der Waals surface area contributed by atoms with E-state index < -0.39 is 8.07 Å². The van der Waals surface area contributed by atoms with Crippen molar-refractivity contribution in [2.24, 2.45) is 0 Å². The number of hydrogen-bond donors (Lipinski definition) is 0. The molecule has 0 radical (unpaired) electrons. The molecular formula is C29H39NO2Si. The quantitative estimate of drug-likeness (QED) is 0.359. The highest BCUT2D eigenvalue weighted by atomic mass is 28.3. The third-order valence-corrected chi connectivity index (χ3v) is 11.1. The normalized spacial score (nSPS) is 18.2. The molecule has 2 aromatic carbocycles. The average Bonchev–Trinajstić information content (AvgIpc) is 3.44. The number of benzene rings is 2. The van der Waals surface area contributed by atoms with Crippen LogP contribution in [-0.2, 0) is 5.41 Å². The van der Waals surface area contributed by atoms with E-state index in [1.807, 2.05) is 6.08 Å². The van der Waals surface area contributed by atoms with Crippen molar-refractivity contribution in [1.82, 2.24) is 4.90 Å². The Morgan fingerprint density at radius 1 is 1.12 bits per heavy atom. The number of likely N-dealkylation sites (tertiary alicyclic amines) is 1. The summed E-state index contributed by atoms with van der Waals surface area (Å²) >= 11 is 0. The Morgan fingerprint density at radius 3 is 2.45 bits per heavy atom. The van der Waals surface area contributed by atoms with Crippen LogP contribution in [0.25, 0.3) is 5.70 Å². The third kappa shape index (κ3) is 4.38. The molecule has 2 aliphatic rings. The van der Waals surface area contributed by atoms with E-state index in [0.29, 0.717) is 12.1 Å². The molecule has 1 atom stereocenters. The van der Waals surface area contributed by atoms with Gasteiger partial charge in [-0.15, -0.1) is 0 Å². The molecule has 1 fully saturated rings. The number of nitrogens with zero attached hydrogens (tertiary/aromatic N) is 1. The first-order chi connectivity index (χ1) is 15.7. The Kier molecular flexibility index (Phi) is 6.50. The molecule has 33 heavy (non-hydrogen) atoms. The van der Waals surface area contributed by atoms with Gasteiger partial charge in [0.2, 0.25) is 0 Å². The highest BCUT2D eigenvalue weighted by Crippen LogP contribution is 2.45. The van der Waals surface area contributed by atoms with Gasteiger partial charge in [-0.2, -0.15) is 0 Å². The molecule has 1 heterocycles. The summed E-state index contributed by atoms with van der Waals surface area (Å²) in [6, 6.07) is 13.4. The monoisotopic (exact) mass is 461 g/mol. The fraction of sp³-hybridized carbons (Fsp3) is 0.448. The highest BCUT2D eigenvalue weighted by molar-refractivity contribution is 6.92. The van der Waals surface area contributed by atoms with Crippen molar-refractivity contribution >= 4 is 19.0 Å². The zero-order valence-corrected chi connectivity index (χ0v) is 22.2. The predicted molar refractivity (Wildman–Crippen MR) is 142 cm³/mol. The number of hydrogen-bond acceptors (Lipinski definition) is 3. The molecule has 4 heteroatoms. The molecule has 0 bridgehead atoms. The van der Waals surface area contributed by atoms with Gasteiger partial charge in [-0.1, -0.05) is 76.9 Å². The van der Waals surface area contributed by atoms with E-state index in [4.69, 9.17) is 9.47 Å². The standard InChI is InChI=1S/C29H39NO2Si/c1-8-17-32-28-24(29(2,3)4)18-21(31-5)19-27(28)33(6,7)26-20-25(30-15-11-12-16-30)22-13-9-10-14-23(22)26/h8-10,13-14,18-20,26H,1,11-12,15-17H2,2-7H3. The topological polar surface area (TPSA) is 21.7 Å². The van der Waals surface area contributed by atoms with Crippen LogP contribution in [0.1, 0.15) is 55.8 Å². The second-order valence-electron chi connectivity index (χ2n) is 10.9. The van der Waals surface area contributed by atoms with Crippen LogP contribution in [0.3, 0.4) is 0 Å². The fourth-order valence-electron chi connectivity index (χ4n) is 5.39. The summed E-state index contributed by atoms with van der Waals surface area (Å²) in [6.45, 7) is 18.4. The van der Waals surface area contributed by atoms with Crippen LogP contribution in [0.4, 0.5) is 0 Å². The third-order valence-electron chi connectivity index (χ3n) is 7.27. The van der Waals surface area contributed by atoms with Crippen LogP contribution >= 0.6 is 0 Å². The van der Waals surface area contributed by atoms with E-state index in [1.165, 1.54) is 40.4 Å². The smallest absolute Gasteiger partial charge is 0.123 e. The van der Waals surface area contributed by atoms with E-state index in [0.717, 1.165) is 24.6 Å².